The van der Waals surface area contributed by atoms with Gasteiger partial charge in [0.2, 0.25) is 5.88 Å². The third-order valence-corrected chi connectivity index (χ3v) is 7.13. The molecule has 8 heteroatoms. The van der Waals surface area contributed by atoms with Crippen LogP contribution in [0.4, 0.5) is 5.82 Å². The summed E-state index contributed by atoms with van der Waals surface area (Å²) in [7, 11) is 3.97. The average molecular weight is 498 g/mol. The van der Waals surface area contributed by atoms with Gasteiger partial charge in [0.25, 0.3) is 0 Å². The summed E-state index contributed by atoms with van der Waals surface area (Å²) in [6, 6.07) is 18.2. The Morgan fingerprint density at radius 1 is 1.00 bits per heavy atom. The summed E-state index contributed by atoms with van der Waals surface area (Å²) >= 11 is 0. The molecular weight excluding hydrogens is 474 g/mol. The van der Waals surface area contributed by atoms with E-state index in [9.17, 15) is 0 Å². The van der Waals surface area contributed by atoms with Gasteiger partial charge in [0.1, 0.15) is 23.5 Å². The van der Waals surface area contributed by atoms with Gasteiger partial charge in [-0.25, -0.2) is 19.9 Å². The van der Waals surface area contributed by atoms with Crippen LogP contribution in [0.5, 0.6) is 11.6 Å². The molecule has 2 aromatic carbocycles. The summed E-state index contributed by atoms with van der Waals surface area (Å²) in [5.41, 5.74) is 8.93. The van der Waals surface area contributed by atoms with Crippen molar-refractivity contribution in [1.29, 1.82) is 0 Å². The Hall–Kier alpha value is -5.16. The van der Waals surface area contributed by atoms with Crippen LogP contribution in [0.3, 0.4) is 0 Å². The van der Waals surface area contributed by atoms with Gasteiger partial charge in [-0.05, 0) is 54.3 Å². The molecule has 1 aliphatic heterocycles. The normalized spacial score (nSPS) is 12.2. The Kier molecular flexibility index (Phi) is 4.75. The zero-order valence-electron chi connectivity index (χ0n) is 21.1. The lowest BCUT2D eigenvalue weighted by molar-refractivity contribution is 0.461. The molecule has 6 aromatic rings. The molecule has 0 bridgehead atoms. The number of hydrogen-bond acceptors (Lipinski definition) is 6. The second-order valence-corrected chi connectivity index (χ2v) is 9.44. The Morgan fingerprint density at radius 3 is 2.74 bits per heavy atom. The highest BCUT2D eigenvalue weighted by Crippen LogP contribution is 2.46. The van der Waals surface area contributed by atoms with Crippen LogP contribution < -0.4 is 10.1 Å². The number of anilines is 1. The van der Waals surface area contributed by atoms with Crippen LogP contribution in [0.2, 0.25) is 0 Å². The molecule has 0 radical (unpaired) electrons. The summed E-state index contributed by atoms with van der Waals surface area (Å²) in [4.78, 5) is 18.4. The highest BCUT2D eigenvalue weighted by Gasteiger charge is 2.27. The maximum atomic E-state index is 6.11. The fraction of sp³-hybridized carbons (Fsp3) is 0.133. The zero-order chi connectivity index (χ0) is 26.0. The predicted molar refractivity (Wildman–Crippen MR) is 148 cm³/mol. The molecule has 0 saturated carbocycles. The average Bonchev–Trinajstić information content (AvgIpc) is 3.34. The summed E-state index contributed by atoms with van der Waals surface area (Å²) in [6.45, 7) is 2.55. The second kappa shape index (κ2) is 8.18. The van der Waals surface area contributed by atoms with Gasteiger partial charge in [-0.3, -0.25) is 0 Å². The first-order chi connectivity index (χ1) is 18.5. The molecule has 184 valence electrons. The van der Waals surface area contributed by atoms with E-state index < -0.39 is 0 Å². The van der Waals surface area contributed by atoms with Gasteiger partial charge in [-0.15, -0.1) is 6.42 Å². The van der Waals surface area contributed by atoms with Crippen LogP contribution in [0.15, 0.2) is 60.9 Å². The molecule has 5 heterocycles. The summed E-state index contributed by atoms with van der Waals surface area (Å²) in [5, 5.41) is 4.50. The number of hydrogen-bond donors (Lipinski definition) is 1. The molecule has 8 nitrogen and oxygen atoms in total. The lowest BCUT2D eigenvalue weighted by atomic mass is 9.95. The van der Waals surface area contributed by atoms with Crippen LogP contribution >= 0.6 is 0 Å². The van der Waals surface area contributed by atoms with Gasteiger partial charge >= 0.3 is 0 Å². The minimum Gasteiger partial charge on any atom is -0.439 e. The van der Waals surface area contributed by atoms with E-state index in [1.807, 2.05) is 49.9 Å². The minimum absolute atomic E-state index is 0.568. The van der Waals surface area contributed by atoms with Gasteiger partial charge in [0.15, 0.2) is 5.82 Å². The first-order valence-corrected chi connectivity index (χ1v) is 12.3. The summed E-state index contributed by atoms with van der Waals surface area (Å²) in [6.07, 6.45) is 7.28. The van der Waals surface area contributed by atoms with E-state index in [-0.39, 0.29) is 0 Å². The zero-order valence-corrected chi connectivity index (χ0v) is 21.1. The highest BCUT2D eigenvalue weighted by atomic mass is 16.5. The van der Waals surface area contributed by atoms with Crippen molar-refractivity contribution in [3.05, 3.63) is 78.0 Å². The first-order valence-electron chi connectivity index (χ1n) is 12.3. The number of aromatic nitrogens is 6. The van der Waals surface area contributed by atoms with E-state index in [0.29, 0.717) is 18.2 Å². The van der Waals surface area contributed by atoms with Crippen molar-refractivity contribution in [2.45, 2.75) is 13.5 Å². The minimum atomic E-state index is 0.568. The van der Waals surface area contributed by atoms with E-state index in [4.69, 9.17) is 11.2 Å². The van der Waals surface area contributed by atoms with E-state index >= 15 is 0 Å². The number of nitrogens with zero attached hydrogens (tertiary/aromatic N) is 6. The van der Waals surface area contributed by atoms with Crippen molar-refractivity contribution in [1.82, 2.24) is 29.1 Å². The van der Waals surface area contributed by atoms with Gasteiger partial charge in [-0.1, -0.05) is 18.2 Å². The van der Waals surface area contributed by atoms with Crippen molar-refractivity contribution >= 4 is 27.9 Å². The molecule has 0 spiro atoms. The number of aryl methyl sites for hydroxylation is 3. The molecule has 7 rings (SSSR count). The molecular formula is C30H23N7O. The van der Waals surface area contributed by atoms with Gasteiger partial charge in [0.05, 0.1) is 22.1 Å². The van der Waals surface area contributed by atoms with Crippen LogP contribution in [0.1, 0.15) is 17.1 Å². The smallest absolute Gasteiger partial charge is 0.219 e. The van der Waals surface area contributed by atoms with Crippen molar-refractivity contribution in [2.24, 2.45) is 14.1 Å². The monoisotopic (exact) mass is 497 g/mol. The molecule has 0 unspecified atom stereocenters. The number of fused-ring (bicyclic) bond motifs is 3. The van der Waals surface area contributed by atoms with Gasteiger partial charge < -0.3 is 19.2 Å². The number of imidazole rings is 1. The molecule has 38 heavy (non-hydrogen) atoms. The van der Waals surface area contributed by atoms with E-state index in [2.05, 4.69) is 66.1 Å². The van der Waals surface area contributed by atoms with E-state index in [1.165, 1.54) is 0 Å². The number of pyridine rings is 1. The molecule has 0 atom stereocenters. The molecule has 4 aromatic heterocycles. The van der Waals surface area contributed by atoms with Crippen LogP contribution in [0, 0.1) is 19.3 Å². The third-order valence-electron chi connectivity index (χ3n) is 7.13. The third kappa shape index (κ3) is 3.26. The number of rotatable bonds is 3. The van der Waals surface area contributed by atoms with Crippen LogP contribution in [-0.4, -0.2) is 29.1 Å². The molecule has 1 aliphatic rings. The van der Waals surface area contributed by atoms with E-state index in [0.717, 1.165) is 67.3 Å². The quantitative estimate of drug-likeness (QED) is 0.321. The second-order valence-electron chi connectivity index (χ2n) is 9.44. The Morgan fingerprint density at radius 2 is 1.89 bits per heavy atom. The number of nitrogens with one attached hydrogen (secondary N) is 1. The van der Waals surface area contributed by atoms with Crippen molar-refractivity contribution < 1.29 is 4.74 Å². The topological polar surface area (TPSA) is 82.7 Å². The van der Waals surface area contributed by atoms with Crippen LogP contribution in [0.25, 0.3) is 44.5 Å². The standard InChI is InChI=1S/C30H23N7O/c1-5-24-35-22-14-18(9-12-23(22)36(24)3)28-26-21-11-10-20(38-25-8-6-7-17(2)34-25)13-19(21)15-31-29-27(26)30(37(28)4)33-16-32-29/h1,6-14,16H,15H2,2-4H3,(H,31,32,33). The SMILES string of the molecule is C#Cc1nc2cc(-c3c4c5c(ncnc5n3C)NCc3cc(Oc5cccc(C)n5)ccc3-4)ccc2n1C. The fourth-order valence-corrected chi connectivity index (χ4v) is 5.36. The largest absolute Gasteiger partial charge is 0.439 e. The Labute approximate surface area is 219 Å². The highest BCUT2D eigenvalue weighted by molar-refractivity contribution is 6.10. The van der Waals surface area contributed by atoms with Crippen molar-refractivity contribution in [3.8, 4) is 46.4 Å². The lowest BCUT2D eigenvalue weighted by Gasteiger charge is -2.14. The van der Waals surface area contributed by atoms with Crippen LogP contribution in [-0.2, 0) is 20.6 Å². The molecule has 1 N–H and O–H groups in total. The molecule has 0 amide bonds. The number of benzene rings is 2. The summed E-state index contributed by atoms with van der Waals surface area (Å²) in [5.74, 6) is 5.37. The van der Waals surface area contributed by atoms with Gasteiger partial charge in [0, 0.05) is 43.5 Å². The molecule has 0 saturated heterocycles. The van der Waals surface area contributed by atoms with Gasteiger partial charge in [-0.2, -0.15) is 0 Å². The molecule has 0 aliphatic carbocycles. The maximum Gasteiger partial charge on any atom is 0.219 e. The number of ether oxygens (including phenoxy) is 1. The number of terminal acetylenes is 1. The lowest BCUT2D eigenvalue weighted by Crippen LogP contribution is -2.03. The Balaban J connectivity index is 1.44. The van der Waals surface area contributed by atoms with Crippen molar-refractivity contribution in [3.63, 3.8) is 0 Å². The summed E-state index contributed by atoms with van der Waals surface area (Å²) < 4.78 is 10.2. The Bertz CT molecular complexity index is 1960. The maximum absolute atomic E-state index is 6.11. The fourth-order valence-electron chi connectivity index (χ4n) is 5.36. The first kappa shape index (κ1) is 22.1. The predicted octanol–water partition coefficient (Wildman–Crippen LogP) is 5.59. The molecule has 0 fully saturated rings. The van der Waals surface area contributed by atoms with E-state index in [1.54, 1.807) is 6.33 Å². The van der Waals surface area contributed by atoms with Crippen molar-refractivity contribution in [2.75, 3.05) is 5.32 Å².